The van der Waals surface area contributed by atoms with Gasteiger partial charge in [0.2, 0.25) is 0 Å². The largest absolute Gasteiger partial charge is 0.493 e. The van der Waals surface area contributed by atoms with Crippen molar-refractivity contribution in [3.8, 4) is 11.8 Å². The van der Waals surface area contributed by atoms with E-state index in [9.17, 15) is 0 Å². The number of nitrogens with zero attached hydrogens (tertiary/aromatic N) is 1. The van der Waals surface area contributed by atoms with Crippen molar-refractivity contribution < 1.29 is 4.74 Å². The fourth-order valence-corrected chi connectivity index (χ4v) is 1.65. The number of benzene rings is 1. The van der Waals surface area contributed by atoms with Crippen LogP contribution in [0.4, 0.5) is 0 Å². The van der Waals surface area contributed by atoms with Crippen molar-refractivity contribution in [3.05, 3.63) is 29.8 Å². The average molecular weight is 260 g/mol. The van der Waals surface area contributed by atoms with Crippen LogP contribution in [-0.4, -0.2) is 13.2 Å². The van der Waals surface area contributed by atoms with Gasteiger partial charge in [-0.1, -0.05) is 26.0 Å². The number of unbranched alkanes of at least 4 members (excludes halogenated alkanes) is 2. The molecule has 0 atom stereocenters. The predicted octanol–water partition coefficient (Wildman–Crippen LogP) is 3.50. The van der Waals surface area contributed by atoms with Crippen LogP contribution >= 0.6 is 0 Å². The Bertz CT molecular complexity index is 379. The van der Waals surface area contributed by atoms with E-state index in [-0.39, 0.29) is 0 Å². The van der Waals surface area contributed by atoms with Crippen LogP contribution in [0.2, 0.25) is 0 Å². The Balaban J connectivity index is 2.19. The molecule has 1 N–H and O–H groups in total. The minimum Gasteiger partial charge on any atom is -0.493 e. The molecule has 0 saturated heterocycles. The molecule has 0 aliphatic heterocycles. The number of hydrogen-bond acceptors (Lipinski definition) is 3. The summed E-state index contributed by atoms with van der Waals surface area (Å²) in [6.07, 6.45) is 2.69. The zero-order valence-corrected chi connectivity index (χ0v) is 12.0. The molecule has 0 bridgehead atoms. The molecule has 1 aromatic carbocycles. The highest BCUT2D eigenvalue weighted by Crippen LogP contribution is 2.13. The van der Waals surface area contributed by atoms with E-state index < -0.39 is 0 Å². The maximum absolute atomic E-state index is 8.42. The summed E-state index contributed by atoms with van der Waals surface area (Å²) in [5.74, 6) is 1.49. The first kappa shape index (κ1) is 15.5. The molecule has 0 spiro atoms. The smallest absolute Gasteiger partial charge is 0.119 e. The van der Waals surface area contributed by atoms with Gasteiger partial charge in [0, 0.05) is 13.0 Å². The van der Waals surface area contributed by atoms with Gasteiger partial charge in [0.1, 0.15) is 5.75 Å². The van der Waals surface area contributed by atoms with E-state index in [1.807, 2.05) is 12.1 Å². The van der Waals surface area contributed by atoms with Crippen LogP contribution in [-0.2, 0) is 6.54 Å². The fraction of sp³-hybridized carbons (Fsp3) is 0.562. The highest BCUT2D eigenvalue weighted by atomic mass is 16.5. The Hall–Kier alpha value is -1.53. The van der Waals surface area contributed by atoms with Gasteiger partial charge in [0.05, 0.1) is 12.7 Å². The standard InChI is InChI=1S/C16H24N2O/c1-14(2)13-19-16-8-6-15(7-9-16)12-18-11-5-3-4-10-17/h6-9,14,18H,3-5,11-13H2,1-2H3. The molecule has 0 aromatic heterocycles. The quantitative estimate of drug-likeness (QED) is 0.691. The first-order chi connectivity index (χ1) is 9.22. The molecule has 19 heavy (non-hydrogen) atoms. The average Bonchev–Trinajstić information content (AvgIpc) is 2.41. The summed E-state index contributed by atoms with van der Waals surface area (Å²) in [5, 5.41) is 11.8. The minimum atomic E-state index is 0.551. The molecule has 0 fully saturated rings. The predicted molar refractivity (Wildman–Crippen MR) is 77.9 cm³/mol. The molecule has 0 aliphatic carbocycles. The summed E-state index contributed by atoms with van der Waals surface area (Å²) >= 11 is 0. The van der Waals surface area contributed by atoms with Gasteiger partial charge in [-0.3, -0.25) is 0 Å². The molecule has 0 heterocycles. The SMILES string of the molecule is CC(C)COc1ccc(CNCCCCC#N)cc1. The molecule has 1 rings (SSSR count). The lowest BCUT2D eigenvalue weighted by molar-refractivity contribution is 0.271. The van der Waals surface area contributed by atoms with Crippen LogP contribution in [0.3, 0.4) is 0 Å². The van der Waals surface area contributed by atoms with Gasteiger partial charge in [-0.15, -0.1) is 0 Å². The van der Waals surface area contributed by atoms with Gasteiger partial charge in [-0.05, 0) is 43.0 Å². The second-order valence-corrected chi connectivity index (χ2v) is 5.14. The Morgan fingerprint density at radius 2 is 1.95 bits per heavy atom. The van der Waals surface area contributed by atoms with E-state index in [0.29, 0.717) is 12.3 Å². The molecule has 0 radical (unpaired) electrons. The molecule has 104 valence electrons. The number of nitriles is 1. The van der Waals surface area contributed by atoms with E-state index >= 15 is 0 Å². The Kier molecular flexibility index (Phi) is 7.69. The van der Waals surface area contributed by atoms with Crippen LogP contribution < -0.4 is 10.1 Å². The minimum absolute atomic E-state index is 0.551. The van der Waals surface area contributed by atoms with Crippen LogP contribution in [0, 0.1) is 17.2 Å². The summed E-state index contributed by atoms with van der Waals surface area (Å²) in [4.78, 5) is 0. The van der Waals surface area contributed by atoms with Crippen molar-refractivity contribution in [2.45, 2.75) is 39.7 Å². The molecular formula is C16H24N2O. The Morgan fingerprint density at radius 3 is 2.58 bits per heavy atom. The Morgan fingerprint density at radius 1 is 1.21 bits per heavy atom. The van der Waals surface area contributed by atoms with Crippen molar-refractivity contribution in [2.75, 3.05) is 13.2 Å². The number of ether oxygens (including phenoxy) is 1. The summed E-state index contributed by atoms with van der Waals surface area (Å²) in [5.41, 5.74) is 1.26. The van der Waals surface area contributed by atoms with Gasteiger partial charge < -0.3 is 10.1 Å². The summed E-state index contributed by atoms with van der Waals surface area (Å²) in [6.45, 7) is 6.88. The second kappa shape index (κ2) is 9.41. The first-order valence-corrected chi connectivity index (χ1v) is 7.01. The van der Waals surface area contributed by atoms with E-state index in [0.717, 1.165) is 38.3 Å². The second-order valence-electron chi connectivity index (χ2n) is 5.14. The van der Waals surface area contributed by atoms with Crippen LogP contribution in [0.25, 0.3) is 0 Å². The highest BCUT2D eigenvalue weighted by molar-refractivity contribution is 5.27. The Labute approximate surface area is 116 Å². The van der Waals surface area contributed by atoms with Crippen LogP contribution in [0.5, 0.6) is 5.75 Å². The highest BCUT2D eigenvalue weighted by Gasteiger charge is 1.98. The van der Waals surface area contributed by atoms with Crippen molar-refractivity contribution in [3.63, 3.8) is 0 Å². The lowest BCUT2D eigenvalue weighted by Crippen LogP contribution is -2.14. The monoisotopic (exact) mass is 260 g/mol. The van der Waals surface area contributed by atoms with Crippen molar-refractivity contribution in [1.82, 2.24) is 5.32 Å². The molecule has 1 aromatic rings. The maximum Gasteiger partial charge on any atom is 0.119 e. The summed E-state index contributed by atoms with van der Waals surface area (Å²) in [6, 6.07) is 10.4. The van der Waals surface area contributed by atoms with E-state index in [1.54, 1.807) is 0 Å². The van der Waals surface area contributed by atoms with Crippen LogP contribution in [0.1, 0.15) is 38.7 Å². The summed E-state index contributed by atoms with van der Waals surface area (Å²) in [7, 11) is 0. The number of nitrogens with one attached hydrogen (secondary N) is 1. The third-order valence-corrected chi connectivity index (χ3v) is 2.73. The molecule has 0 aliphatic rings. The summed E-state index contributed by atoms with van der Waals surface area (Å²) < 4.78 is 5.64. The van der Waals surface area contributed by atoms with E-state index in [1.165, 1.54) is 5.56 Å². The van der Waals surface area contributed by atoms with E-state index in [2.05, 4.69) is 37.4 Å². The van der Waals surface area contributed by atoms with Gasteiger partial charge >= 0.3 is 0 Å². The molecule has 0 saturated carbocycles. The zero-order valence-electron chi connectivity index (χ0n) is 12.0. The molecule has 0 unspecified atom stereocenters. The van der Waals surface area contributed by atoms with Gasteiger partial charge in [0.15, 0.2) is 0 Å². The third kappa shape index (κ3) is 7.48. The molecule has 3 heteroatoms. The van der Waals surface area contributed by atoms with Gasteiger partial charge in [0.25, 0.3) is 0 Å². The number of rotatable bonds is 9. The fourth-order valence-electron chi connectivity index (χ4n) is 1.65. The lowest BCUT2D eigenvalue weighted by atomic mass is 10.2. The maximum atomic E-state index is 8.42. The lowest BCUT2D eigenvalue weighted by Gasteiger charge is -2.09. The topological polar surface area (TPSA) is 45.0 Å². The zero-order chi connectivity index (χ0) is 13.9. The first-order valence-electron chi connectivity index (χ1n) is 7.01. The van der Waals surface area contributed by atoms with E-state index in [4.69, 9.17) is 10.00 Å². The van der Waals surface area contributed by atoms with Gasteiger partial charge in [-0.25, -0.2) is 0 Å². The molecule has 0 amide bonds. The van der Waals surface area contributed by atoms with Crippen LogP contribution in [0.15, 0.2) is 24.3 Å². The number of hydrogen-bond donors (Lipinski definition) is 1. The van der Waals surface area contributed by atoms with Crippen molar-refractivity contribution in [1.29, 1.82) is 5.26 Å². The van der Waals surface area contributed by atoms with Crippen molar-refractivity contribution in [2.24, 2.45) is 5.92 Å². The molecular weight excluding hydrogens is 236 g/mol. The van der Waals surface area contributed by atoms with Crippen molar-refractivity contribution >= 4 is 0 Å². The third-order valence-electron chi connectivity index (χ3n) is 2.73. The normalized spacial score (nSPS) is 10.4. The van der Waals surface area contributed by atoms with Gasteiger partial charge in [-0.2, -0.15) is 5.26 Å². The molecule has 3 nitrogen and oxygen atoms in total.